The number of ether oxygens (including phenoxy) is 1. The molecule has 1 fully saturated rings. The number of aliphatic hydroxyl groups excluding tert-OH is 1. The van der Waals surface area contributed by atoms with Gasteiger partial charge in [0.2, 0.25) is 14.0 Å². The molecule has 1 aliphatic rings. The highest BCUT2D eigenvalue weighted by Gasteiger charge is 2.39. The van der Waals surface area contributed by atoms with Gasteiger partial charge in [-0.15, -0.1) is 11.8 Å². The molecule has 3 unspecified atom stereocenters. The molecule has 2 heterocycles. The van der Waals surface area contributed by atoms with Gasteiger partial charge in [0.05, 0.1) is 17.6 Å². The van der Waals surface area contributed by atoms with Crippen molar-refractivity contribution in [3.8, 4) is 0 Å². The number of aromatic nitrogens is 2. The lowest BCUT2D eigenvalue weighted by molar-refractivity contribution is -0.110. The Kier molecular flexibility index (Phi) is 6.84. The van der Waals surface area contributed by atoms with E-state index >= 15 is 0 Å². The fourth-order valence-corrected chi connectivity index (χ4v) is 3.27. The summed E-state index contributed by atoms with van der Waals surface area (Å²) < 4.78 is 10.6. The number of carbonyl (C=O) groups excluding carboxylic acids is 1. The Morgan fingerprint density at radius 2 is 2.43 bits per heavy atom. The quantitative estimate of drug-likeness (QED) is 0.229. The van der Waals surface area contributed by atoms with Crippen molar-refractivity contribution < 1.29 is 24.1 Å². The molecule has 23 heavy (non-hydrogen) atoms. The summed E-state index contributed by atoms with van der Waals surface area (Å²) in [7, 11) is -1.85. The molecule has 0 bridgehead atoms. The smallest absolute Gasteiger partial charge is 0.232 e. The van der Waals surface area contributed by atoms with E-state index in [9.17, 15) is 9.90 Å². The fraction of sp³-hybridized carbons (Fsp3) is 0.545. The van der Waals surface area contributed by atoms with E-state index in [0.717, 1.165) is 0 Å². The Hall–Kier alpha value is -0.680. The van der Waals surface area contributed by atoms with Crippen LogP contribution in [0.15, 0.2) is 11.2 Å². The maximum atomic E-state index is 11.5. The second-order valence-electron chi connectivity index (χ2n) is 4.61. The van der Waals surface area contributed by atoms with E-state index in [1.54, 1.807) is 6.26 Å². The normalized spacial score (nSPS) is 25.3. The second kappa shape index (κ2) is 8.43. The first-order chi connectivity index (χ1) is 11.0. The molecule has 128 valence electrons. The van der Waals surface area contributed by atoms with Gasteiger partial charge in [-0.1, -0.05) is 12.2 Å². The van der Waals surface area contributed by atoms with Crippen LogP contribution in [0.5, 0.6) is 0 Å². The van der Waals surface area contributed by atoms with Crippen molar-refractivity contribution in [2.75, 3.05) is 23.5 Å². The third-order valence-corrected chi connectivity index (χ3v) is 4.77. The van der Waals surface area contributed by atoms with E-state index < -0.39 is 26.0 Å². The summed E-state index contributed by atoms with van der Waals surface area (Å²) in [5.74, 6) is 0.575. The topological polar surface area (TPSA) is 131 Å². The van der Waals surface area contributed by atoms with Crippen LogP contribution in [0.4, 0.5) is 11.6 Å². The van der Waals surface area contributed by atoms with Gasteiger partial charge in [-0.05, 0) is 6.26 Å². The lowest BCUT2D eigenvalue weighted by Crippen LogP contribution is -2.36. The van der Waals surface area contributed by atoms with Crippen molar-refractivity contribution >= 4 is 49.6 Å². The van der Waals surface area contributed by atoms with Crippen LogP contribution in [0.3, 0.4) is 0 Å². The van der Waals surface area contributed by atoms with Crippen LogP contribution in [0.25, 0.3) is 0 Å². The number of hydrogen-bond acceptors (Lipinski definition) is 10. The highest BCUT2D eigenvalue weighted by atomic mass is 32.7. The Balaban J connectivity index is 2.16. The summed E-state index contributed by atoms with van der Waals surface area (Å²) in [6.45, 7) is -0.0304. The van der Waals surface area contributed by atoms with Crippen molar-refractivity contribution in [3.05, 3.63) is 6.33 Å². The predicted molar refractivity (Wildman–Crippen MR) is 90.1 cm³/mol. The number of thiol groups is 1. The molecule has 4 N–H and O–H groups in total. The van der Waals surface area contributed by atoms with E-state index in [1.165, 1.54) is 23.0 Å². The number of rotatable bonds is 7. The van der Waals surface area contributed by atoms with Gasteiger partial charge in [0.25, 0.3) is 0 Å². The van der Waals surface area contributed by atoms with Gasteiger partial charge < -0.3 is 25.0 Å². The van der Waals surface area contributed by atoms with Crippen molar-refractivity contribution in [1.29, 1.82) is 0 Å². The third kappa shape index (κ3) is 4.44. The number of carbonyl (C=O) groups is 1. The van der Waals surface area contributed by atoms with Gasteiger partial charge in [-0.3, -0.25) is 9.69 Å². The molecule has 2 rings (SSSR count). The summed E-state index contributed by atoms with van der Waals surface area (Å²) in [6, 6.07) is 0. The average Bonchev–Trinajstić information content (AvgIpc) is 2.87. The highest BCUT2D eigenvalue weighted by molar-refractivity contribution is 8.41. The first kappa shape index (κ1) is 18.7. The fourth-order valence-electron chi connectivity index (χ4n) is 2.19. The van der Waals surface area contributed by atoms with E-state index in [4.69, 9.17) is 19.9 Å². The molecule has 12 heteroatoms. The summed E-state index contributed by atoms with van der Waals surface area (Å²) in [4.78, 5) is 30.4. The van der Waals surface area contributed by atoms with Gasteiger partial charge in [-0.2, -0.15) is 0 Å². The SMILES string of the molecule is CSc1c(N)ncnc1N(C=O)C1C[C@H](O)C(COP(O)S)O1. The number of thioether (sulfide) groups is 1. The lowest BCUT2D eigenvalue weighted by Gasteiger charge is -2.25. The first-order valence-electron chi connectivity index (χ1n) is 6.50. The standard InChI is InChI=1S/C11H17N4O5PS2/c1-23-9-10(12)13-4-14-11(9)15(5-16)8-2-6(17)7(20-8)3-19-21(18)22/h4-8,17-18,22H,2-3H2,1H3,(H2,12,13,14)/t6-,7?,8?,21?/m0/s1. The molecule has 1 saturated heterocycles. The van der Waals surface area contributed by atoms with Gasteiger partial charge in [-0.25, -0.2) is 9.97 Å². The number of aliphatic hydroxyl groups is 1. The first-order valence-corrected chi connectivity index (χ1v) is 10.1. The predicted octanol–water partition coefficient (Wildman–Crippen LogP) is 0.385. The zero-order valence-electron chi connectivity index (χ0n) is 12.1. The van der Waals surface area contributed by atoms with Gasteiger partial charge in [0.15, 0.2) is 5.82 Å². The van der Waals surface area contributed by atoms with Gasteiger partial charge in [0, 0.05) is 6.42 Å². The number of nitrogen functional groups attached to an aromatic ring is 1. The molecule has 0 spiro atoms. The van der Waals surface area contributed by atoms with Crippen molar-refractivity contribution in [2.24, 2.45) is 0 Å². The van der Waals surface area contributed by atoms with Crippen LogP contribution in [0.1, 0.15) is 6.42 Å². The number of amides is 1. The molecule has 9 nitrogen and oxygen atoms in total. The molecule has 0 radical (unpaired) electrons. The van der Waals surface area contributed by atoms with E-state index in [0.29, 0.717) is 17.1 Å². The highest BCUT2D eigenvalue weighted by Crippen LogP contribution is 2.38. The average molecular weight is 380 g/mol. The van der Waals surface area contributed by atoms with Gasteiger partial charge in [0.1, 0.15) is 24.5 Å². The second-order valence-corrected chi connectivity index (χ2v) is 7.22. The molecule has 0 aliphatic carbocycles. The van der Waals surface area contributed by atoms with Crippen molar-refractivity contribution in [1.82, 2.24) is 9.97 Å². The molecule has 1 amide bonds. The number of hydrogen-bond donors (Lipinski definition) is 4. The minimum absolute atomic E-state index is 0.0304. The van der Waals surface area contributed by atoms with Gasteiger partial charge >= 0.3 is 0 Å². The lowest BCUT2D eigenvalue weighted by atomic mass is 10.2. The molecule has 1 aromatic rings. The summed E-state index contributed by atoms with van der Waals surface area (Å²) in [5.41, 5.74) is 5.80. The van der Waals surface area contributed by atoms with Crippen molar-refractivity contribution in [2.45, 2.75) is 29.8 Å². The maximum absolute atomic E-state index is 11.5. The Bertz CT molecular complexity index is 555. The van der Waals surface area contributed by atoms with Crippen LogP contribution < -0.4 is 10.6 Å². The summed E-state index contributed by atoms with van der Waals surface area (Å²) >= 11 is 5.04. The molecule has 0 saturated carbocycles. The molecular weight excluding hydrogens is 363 g/mol. The zero-order chi connectivity index (χ0) is 17.0. The number of anilines is 2. The third-order valence-electron chi connectivity index (χ3n) is 3.24. The number of nitrogens with zero attached hydrogens (tertiary/aromatic N) is 3. The van der Waals surface area contributed by atoms with Crippen LogP contribution in [0.2, 0.25) is 0 Å². The van der Waals surface area contributed by atoms with Crippen LogP contribution in [-0.2, 0) is 14.1 Å². The minimum atomic E-state index is -1.85. The van der Waals surface area contributed by atoms with Crippen LogP contribution in [0, 0.1) is 0 Å². The minimum Gasteiger partial charge on any atom is -0.390 e. The largest absolute Gasteiger partial charge is 0.390 e. The van der Waals surface area contributed by atoms with E-state index in [1.807, 2.05) is 0 Å². The summed E-state index contributed by atoms with van der Waals surface area (Å²) in [5, 5.41) is 10.0. The Morgan fingerprint density at radius 3 is 3.04 bits per heavy atom. The Morgan fingerprint density at radius 1 is 1.70 bits per heavy atom. The molecule has 4 atom stereocenters. The molecule has 1 aromatic heterocycles. The molecule has 0 aromatic carbocycles. The summed E-state index contributed by atoms with van der Waals surface area (Å²) in [6.07, 6.45) is 1.55. The maximum Gasteiger partial charge on any atom is 0.232 e. The molecular formula is C11H17N4O5PS2. The monoisotopic (exact) mass is 380 g/mol. The number of nitrogens with two attached hydrogens (primary N) is 1. The van der Waals surface area contributed by atoms with Crippen LogP contribution >= 0.6 is 31.6 Å². The van der Waals surface area contributed by atoms with E-state index in [-0.39, 0.29) is 18.8 Å². The van der Waals surface area contributed by atoms with Crippen LogP contribution in [-0.4, -0.2) is 57.7 Å². The van der Waals surface area contributed by atoms with E-state index in [2.05, 4.69) is 22.2 Å². The Labute approximate surface area is 143 Å². The van der Waals surface area contributed by atoms with Crippen molar-refractivity contribution in [3.63, 3.8) is 0 Å². The zero-order valence-corrected chi connectivity index (χ0v) is 14.7. The molecule has 1 aliphatic heterocycles.